The molecule has 0 fully saturated rings. The Morgan fingerprint density at radius 2 is 1.62 bits per heavy atom. The van der Waals surface area contributed by atoms with Crippen LogP contribution in [0.1, 0.15) is 16.1 Å². The molecule has 2 N–H and O–H groups in total. The van der Waals surface area contributed by atoms with Crippen LogP contribution in [-0.4, -0.2) is 21.1 Å². The topological polar surface area (TPSA) is 87.7 Å². The average molecular weight is 382 g/mol. The highest BCUT2D eigenvalue weighted by atomic mass is 16.1. The molecule has 29 heavy (non-hydrogen) atoms. The van der Waals surface area contributed by atoms with E-state index < -0.39 is 0 Å². The number of benzene rings is 2. The second-order valence-corrected chi connectivity index (χ2v) is 6.54. The van der Waals surface area contributed by atoms with Gasteiger partial charge in [-0.3, -0.25) is 14.6 Å². The summed E-state index contributed by atoms with van der Waals surface area (Å²) in [6.45, 7) is 1.82. The highest BCUT2D eigenvalue weighted by molar-refractivity contribution is 6.05. The van der Waals surface area contributed by atoms with Gasteiger partial charge in [0, 0.05) is 22.9 Å². The minimum Gasteiger partial charge on any atom is -0.322 e. The molecular weight excluding hydrogens is 364 g/mol. The van der Waals surface area contributed by atoms with E-state index in [2.05, 4.69) is 20.5 Å². The molecule has 4 rings (SSSR count). The monoisotopic (exact) mass is 382 g/mol. The number of anilines is 1. The number of rotatable bonds is 4. The number of hydrogen-bond donors (Lipinski definition) is 2. The minimum absolute atomic E-state index is 0.235. The fraction of sp³-hybridized carbons (Fsp3) is 0.0435. The van der Waals surface area contributed by atoms with Crippen LogP contribution in [0.5, 0.6) is 0 Å². The van der Waals surface area contributed by atoms with Crippen molar-refractivity contribution in [3.05, 3.63) is 100 Å². The molecule has 0 aliphatic carbocycles. The van der Waals surface area contributed by atoms with Gasteiger partial charge in [-0.05, 0) is 37.3 Å². The third kappa shape index (κ3) is 4.11. The molecule has 0 atom stereocenters. The van der Waals surface area contributed by atoms with Crippen LogP contribution in [0.15, 0.2) is 83.7 Å². The lowest BCUT2D eigenvalue weighted by molar-refractivity contribution is 0.102. The van der Waals surface area contributed by atoms with Gasteiger partial charge in [-0.25, -0.2) is 5.10 Å². The summed E-state index contributed by atoms with van der Waals surface area (Å²) in [4.78, 5) is 28.5. The highest BCUT2D eigenvalue weighted by Gasteiger charge is 2.12. The summed E-state index contributed by atoms with van der Waals surface area (Å²) >= 11 is 0. The van der Waals surface area contributed by atoms with Gasteiger partial charge in [0.2, 0.25) is 0 Å². The van der Waals surface area contributed by atoms with Crippen LogP contribution in [0.4, 0.5) is 5.69 Å². The van der Waals surface area contributed by atoms with Crippen LogP contribution in [0.25, 0.3) is 22.5 Å². The number of amides is 1. The largest absolute Gasteiger partial charge is 0.322 e. The Morgan fingerprint density at radius 1 is 0.862 bits per heavy atom. The molecule has 0 unspecified atom stereocenters. The number of carbonyl (C=O) groups excluding carboxylic acids is 1. The van der Waals surface area contributed by atoms with E-state index >= 15 is 0 Å². The lowest BCUT2D eigenvalue weighted by Gasteiger charge is -2.10. The van der Waals surface area contributed by atoms with E-state index in [4.69, 9.17) is 0 Å². The molecule has 0 radical (unpaired) electrons. The van der Waals surface area contributed by atoms with Crippen molar-refractivity contribution in [3.8, 4) is 22.5 Å². The summed E-state index contributed by atoms with van der Waals surface area (Å²) in [6, 6.07) is 23.8. The first-order chi connectivity index (χ1) is 14.1. The van der Waals surface area contributed by atoms with Crippen LogP contribution in [0, 0.1) is 6.92 Å². The van der Waals surface area contributed by atoms with E-state index in [0.29, 0.717) is 22.6 Å². The first kappa shape index (κ1) is 18.3. The number of pyridine rings is 1. The molecule has 0 saturated heterocycles. The second kappa shape index (κ2) is 7.90. The normalized spacial score (nSPS) is 10.5. The maximum Gasteiger partial charge on any atom is 0.264 e. The number of aromatic amines is 1. The zero-order valence-corrected chi connectivity index (χ0v) is 15.7. The molecule has 2 aromatic heterocycles. The molecule has 4 aromatic rings. The number of nitrogens with one attached hydrogen (secondary N) is 2. The average Bonchev–Trinajstić information content (AvgIpc) is 2.75. The van der Waals surface area contributed by atoms with Crippen molar-refractivity contribution in [1.29, 1.82) is 0 Å². The standard InChI is InChI=1S/C23H18N4O2/c1-15-19(10-11-20(24-15)16-6-3-2-4-7-16)23(29)25-18-9-5-8-17(14-18)21-12-13-22(28)27-26-21/h2-14H,1H3,(H,25,29)(H,27,28). The van der Waals surface area contributed by atoms with Gasteiger partial charge < -0.3 is 5.32 Å². The first-order valence-electron chi connectivity index (χ1n) is 9.11. The van der Waals surface area contributed by atoms with Crippen molar-refractivity contribution in [3.63, 3.8) is 0 Å². The van der Waals surface area contributed by atoms with Crippen LogP contribution in [0.2, 0.25) is 0 Å². The molecular formula is C23H18N4O2. The van der Waals surface area contributed by atoms with Crippen molar-refractivity contribution < 1.29 is 4.79 Å². The smallest absolute Gasteiger partial charge is 0.264 e. The van der Waals surface area contributed by atoms with E-state index in [1.165, 1.54) is 6.07 Å². The van der Waals surface area contributed by atoms with E-state index in [1.54, 1.807) is 24.3 Å². The Hall–Kier alpha value is -4.06. The van der Waals surface area contributed by atoms with Gasteiger partial charge in [0.1, 0.15) is 0 Å². The van der Waals surface area contributed by atoms with Crippen LogP contribution in [0.3, 0.4) is 0 Å². The Labute approximate surface area is 167 Å². The quantitative estimate of drug-likeness (QED) is 0.557. The summed E-state index contributed by atoms with van der Waals surface area (Å²) < 4.78 is 0. The zero-order chi connectivity index (χ0) is 20.2. The fourth-order valence-electron chi connectivity index (χ4n) is 3.03. The lowest BCUT2D eigenvalue weighted by atomic mass is 10.1. The number of nitrogens with zero attached hydrogens (tertiary/aromatic N) is 2. The van der Waals surface area contributed by atoms with Crippen LogP contribution < -0.4 is 10.9 Å². The summed E-state index contributed by atoms with van der Waals surface area (Å²) in [5.41, 5.74) is 4.76. The Balaban J connectivity index is 1.56. The lowest BCUT2D eigenvalue weighted by Crippen LogP contribution is -2.14. The van der Waals surface area contributed by atoms with Crippen LogP contribution in [-0.2, 0) is 0 Å². The number of carbonyl (C=O) groups is 1. The van der Waals surface area contributed by atoms with E-state index in [0.717, 1.165) is 16.8 Å². The van der Waals surface area contributed by atoms with Crippen molar-refractivity contribution in [2.45, 2.75) is 6.92 Å². The minimum atomic E-state index is -0.264. The van der Waals surface area contributed by atoms with Gasteiger partial charge >= 0.3 is 0 Å². The molecule has 0 aliphatic heterocycles. The number of H-pyrrole nitrogens is 1. The Kier molecular flexibility index (Phi) is 4.99. The molecule has 142 valence electrons. The molecule has 2 heterocycles. The molecule has 6 nitrogen and oxygen atoms in total. The van der Waals surface area contributed by atoms with Gasteiger partial charge in [-0.15, -0.1) is 0 Å². The van der Waals surface area contributed by atoms with Crippen LogP contribution >= 0.6 is 0 Å². The van der Waals surface area contributed by atoms with Gasteiger partial charge in [0.05, 0.1) is 22.6 Å². The van der Waals surface area contributed by atoms with Gasteiger partial charge in [-0.2, -0.15) is 5.10 Å². The molecule has 0 spiro atoms. The molecule has 1 amide bonds. The summed E-state index contributed by atoms with van der Waals surface area (Å²) in [7, 11) is 0. The molecule has 0 saturated carbocycles. The highest BCUT2D eigenvalue weighted by Crippen LogP contribution is 2.22. The van der Waals surface area contributed by atoms with E-state index in [1.807, 2.05) is 55.5 Å². The molecule has 0 aliphatic rings. The molecule has 0 bridgehead atoms. The van der Waals surface area contributed by atoms with Crippen molar-refractivity contribution in [2.75, 3.05) is 5.32 Å². The summed E-state index contributed by atoms with van der Waals surface area (Å²) in [5, 5.41) is 9.33. The fourth-order valence-corrected chi connectivity index (χ4v) is 3.03. The SMILES string of the molecule is Cc1nc(-c2ccccc2)ccc1C(=O)Nc1cccc(-c2ccc(=O)[nH]n2)c1. The van der Waals surface area contributed by atoms with E-state index in [9.17, 15) is 9.59 Å². The first-order valence-corrected chi connectivity index (χ1v) is 9.11. The Morgan fingerprint density at radius 3 is 2.34 bits per heavy atom. The van der Waals surface area contributed by atoms with Crippen molar-refractivity contribution in [1.82, 2.24) is 15.2 Å². The van der Waals surface area contributed by atoms with Gasteiger partial charge in [0.25, 0.3) is 11.5 Å². The predicted molar refractivity (Wildman–Crippen MR) is 113 cm³/mol. The number of hydrogen-bond acceptors (Lipinski definition) is 4. The maximum absolute atomic E-state index is 12.8. The zero-order valence-electron chi connectivity index (χ0n) is 15.7. The third-order valence-electron chi connectivity index (χ3n) is 4.50. The number of aromatic nitrogens is 3. The summed E-state index contributed by atoms with van der Waals surface area (Å²) in [6.07, 6.45) is 0. The molecule has 6 heteroatoms. The predicted octanol–water partition coefficient (Wildman–Crippen LogP) is 4.06. The van der Waals surface area contributed by atoms with Crippen molar-refractivity contribution >= 4 is 11.6 Å². The third-order valence-corrected chi connectivity index (χ3v) is 4.50. The summed E-state index contributed by atoms with van der Waals surface area (Å²) in [5.74, 6) is -0.235. The Bertz CT molecular complexity index is 1210. The van der Waals surface area contributed by atoms with E-state index in [-0.39, 0.29) is 11.5 Å². The second-order valence-electron chi connectivity index (χ2n) is 6.54. The van der Waals surface area contributed by atoms with Crippen molar-refractivity contribution in [2.24, 2.45) is 0 Å². The number of aryl methyl sites for hydroxylation is 1. The van der Waals surface area contributed by atoms with Gasteiger partial charge in [0.15, 0.2) is 0 Å². The maximum atomic E-state index is 12.8. The van der Waals surface area contributed by atoms with Gasteiger partial charge in [-0.1, -0.05) is 42.5 Å². The molecule has 2 aromatic carbocycles.